The Morgan fingerprint density at radius 3 is 2.35 bits per heavy atom. The molecule has 2 unspecified atom stereocenters. The highest BCUT2D eigenvalue weighted by Gasteiger charge is 2.21. The van der Waals surface area contributed by atoms with E-state index in [9.17, 15) is 0 Å². The number of hydrogen-bond acceptors (Lipinski definition) is 2. The van der Waals surface area contributed by atoms with Crippen LogP contribution in [0.1, 0.15) is 59.6 Å². The summed E-state index contributed by atoms with van der Waals surface area (Å²) < 4.78 is 5.82. The lowest BCUT2D eigenvalue weighted by Crippen LogP contribution is -2.30. The molecule has 0 aliphatic rings. The average Bonchev–Trinajstić information content (AvgIpc) is 2.38. The molecule has 0 bridgehead atoms. The van der Waals surface area contributed by atoms with E-state index in [1.54, 1.807) is 0 Å². The van der Waals surface area contributed by atoms with Gasteiger partial charge in [0.2, 0.25) is 0 Å². The molecule has 1 N–H and O–H groups in total. The first-order valence-corrected chi connectivity index (χ1v) is 7.95. The topological polar surface area (TPSA) is 21.3 Å². The van der Waals surface area contributed by atoms with Crippen molar-refractivity contribution >= 4 is 0 Å². The predicted molar refractivity (Wildman–Crippen MR) is 87.2 cm³/mol. The summed E-state index contributed by atoms with van der Waals surface area (Å²) in [6.07, 6.45) is 1.37. The van der Waals surface area contributed by atoms with Crippen LogP contribution in [0.2, 0.25) is 0 Å². The van der Waals surface area contributed by atoms with Crippen LogP contribution in [0.15, 0.2) is 24.3 Å². The Hall–Kier alpha value is -1.02. The van der Waals surface area contributed by atoms with Crippen molar-refractivity contribution in [3.63, 3.8) is 0 Å². The van der Waals surface area contributed by atoms with Gasteiger partial charge in [-0.2, -0.15) is 0 Å². The number of ether oxygens (including phenoxy) is 1. The zero-order valence-electron chi connectivity index (χ0n) is 13.9. The van der Waals surface area contributed by atoms with Crippen molar-refractivity contribution in [3.05, 3.63) is 29.8 Å². The normalized spacial score (nSPS) is 14.6. The quantitative estimate of drug-likeness (QED) is 0.736. The average molecular weight is 277 g/mol. The van der Waals surface area contributed by atoms with E-state index in [0.29, 0.717) is 17.9 Å². The van der Waals surface area contributed by atoms with E-state index in [2.05, 4.69) is 65.1 Å². The minimum atomic E-state index is 0.217. The van der Waals surface area contributed by atoms with E-state index < -0.39 is 0 Å². The summed E-state index contributed by atoms with van der Waals surface area (Å²) in [4.78, 5) is 0. The first kappa shape index (κ1) is 17.0. The third-order valence-corrected chi connectivity index (χ3v) is 3.78. The van der Waals surface area contributed by atoms with Crippen LogP contribution in [0.4, 0.5) is 0 Å². The molecule has 0 saturated heterocycles. The number of nitrogens with one attached hydrogen (secondary N) is 1. The summed E-state index contributed by atoms with van der Waals surface area (Å²) in [7, 11) is 0. The van der Waals surface area contributed by atoms with Gasteiger partial charge in [0.25, 0.3) is 0 Å². The molecule has 1 rings (SSSR count). The Morgan fingerprint density at radius 1 is 1.10 bits per heavy atom. The fourth-order valence-electron chi connectivity index (χ4n) is 2.35. The Bertz CT molecular complexity index is 387. The molecule has 0 fully saturated rings. The first-order chi connectivity index (χ1) is 9.45. The Balaban J connectivity index is 2.94. The van der Waals surface area contributed by atoms with Gasteiger partial charge in [-0.25, -0.2) is 0 Å². The number of benzene rings is 1. The molecule has 0 aliphatic heterocycles. The van der Waals surface area contributed by atoms with Crippen LogP contribution in [-0.2, 0) is 0 Å². The molecule has 0 radical (unpaired) electrons. The molecule has 20 heavy (non-hydrogen) atoms. The van der Waals surface area contributed by atoms with Crippen molar-refractivity contribution in [2.24, 2.45) is 11.8 Å². The maximum atomic E-state index is 5.82. The molecule has 0 spiro atoms. The van der Waals surface area contributed by atoms with E-state index >= 15 is 0 Å². The summed E-state index contributed by atoms with van der Waals surface area (Å²) in [5, 5.41) is 3.69. The summed E-state index contributed by atoms with van der Waals surface area (Å²) in [6.45, 7) is 14.3. The molecule has 1 aromatic rings. The van der Waals surface area contributed by atoms with Crippen LogP contribution in [0.25, 0.3) is 0 Å². The minimum absolute atomic E-state index is 0.217. The van der Waals surface area contributed by atoms with Gasteiger partial charge in [-0.05, 0) is 56.3 Å². The van der Waals surface area contributed by atoms with Gasteiger partial charge >= 0.3 is 0 Å². The van der Waals surface area contributed by atoms with Gasteiger partial charge in [0, 0.05) is 6.04 Å². The molecule has 0 aliphatic carbocycles. The van der Waals surface area contributed by atoms with Crippen molar-refractivity contribution in [2.45, 2.75) is 60.1 Å². The number of rotatable bonds is 8. The number of hydrogen-bond donors (Lipinski definition) is 1. The molecule has 0 heterocycles. The van der Waals surface area contributed by atoms with Crippen molar-refractivity contribution in [1.82, 2.24) is 5.32 Å². The highest BCUT2D eigenvalue weighted by atomic mass is 16.5. The SMILES string of the molecule is CCCNC(c1cccc(OC(C)C)c1)C(C)C(C)C. The van der Waals surface area contributed by atoms with Crippen molar-refractivity contribution in [3.8, 4) is 5.75 Å². The van der Waals surface area contributed by atoms with Gasteiger partial charge in [-0.3, -0.25) is 0 Å². The van der Waals surface area contributed by atoms with Crippen LogP contribution in [0.3, 0.4) is 0 Å². The molecule has 114 valence electrons. The second-order valence-corrected chi connectivity index (χ2v) is 6.27. The molecule has 2 atom stereocenters. The summed E-state index contributed by atoms with van der Waals surface area (Å²) in [6, 6.07) is 8.93. The lowest BCUT2D eigenvalue weighted by Gasteiger charge is -2.29. The summed E-state index contributed by atoms with van der Waals surface area (Å²) in [5.74, 6) is 2.21. The van der Waals surface area contributed by atoms with Crippen molar-refractivity contribution in [1.29, 1.82) is 0 Å². The van der Waals surface area contributed by atoms with Gasteiger partial charge in [-0.15, -0.1) is 0 Å². The third kappa shape index (κ3) is 5.16. The van der Waals surface area contributed by atoms with E-state index in [1.807, 2.05) is 6.07 Å². The fraction of sp³-hybridized carbons (Fsp3) is 0.667. The standard InChI is InChI=1S/C18H31NO/c1-7-11-19-18(15(6)13(2)3)16-9-8-10-17(12-16)20-14(4)5/h8-10,12-15,18-19H,7,11H2,1-6H3. The Labute approximate surface area is 124 Å². The highest BCUT2D eigenvalue weighted by molar-refractivity contribution is 5.31. The molecule has 0 aromatic heterocycles. The predicted octanol–water partition coefficient (Wildman–Crippen LogP) is 4.81. The lowest BCUT2D eigenvalue weighted by molar-refractivity contribution is 0.241. The minimum Gasteiger partial charge on any atom is -0.491 e. The Kier molecular flexibility index (Phi) is 7.08. The van der Waals surface area contributed by atoms with Crippen molar-refractivity contribution in [2.75, 3.05) is 6.54 Å². The maximum absolute atomic E-state index is 5.82. The molecular weight excluding hydrogens is 246 g/mol. The van der Waals surface area contributed by atoms with Gasteiger partial charge in [0.05, 0.1) is 6.10 Å². The molecular formula is C18H31NO. The second kappa shape index (κ2) is 8.31. The summed E-state index contributed by atoms with van der Waals surface area (Å²) >= 11 is 0. The first-order valence-electron chi connectivity index (χ1n) is 7.95. The van der Waals surface area contributed by atoms with E-state index in [1.165, 1.54) is 5.56 Å². The van der Waals surface area contributed by atoms with Crippen molar-refractivity contribution < 1.29 is 4.74 Å². The zero-order chi connectivity index (χ0) is 15.1. The molecule has 2 nitrogen and oxygen atoms in total. The largest absolute Gasteiger partial charge is 0.491 e. The smallest absolute Gasteiger partial charge is 0.120 e. The summed E-state index contributed by atoms with van der Waals surface area (Å²) in [5.41, 5.74) is 1.33. The zero-order valence-corrected chi connectivity index (χ0v) is 13.9. The van der Waals surface area contributed by atoms with Gasteiger partial charge in [-0.1, -0.05) is 39.8 Å². The second-order valence-electron chi connectivity index (χ2n) is 6.27. The molecule has 0 amide bonds. The van der Waals surface area contributed by atoms with Crippen LogP contribution in [-0.4, -0.2) is 12.6 Å². The van der Waals surface area contributed by atoms with E-state index in [-0.39, 0.29) is 6.10 Å². The van der Waals surface area contributed by atoms with Crippen LogP contribution in [0, 0.1) is 11.8 Å². The van der Waals surface area contributed by atoms with Gasteiger partial charge in [0.1, 0.15) is 5.75 Å². The fourth-order valence-corrected chi connectivity index (χ4v) is 2.35. The van der Waals surface area contributed by atoms with Crippen LogP contribution >= 0.6 is 0 Å². The van der Waals surface area contributed by atoms with E-state index in [4.69, 9.17) is 4.74 Å². The molecule has 1 aromatic carbocycles. The highest BCUT2D eigenvalue weighted by Crippen LogP contribution is 2.30. The van der Waals surface area contributed by atoms with Crippen LogP contribution < -0.4 is 10.1 Å². The maximum Gasteiger partial charge on any atom is 0.120 e. The van der Waals surface area contributed by atoms with Gasteiger partial charge in [0.15, 0.2) is 0 Å². The third-order valence-electron chi connectivity index (χ3n) is 3.78. The Morgan fingerprint density at radius 2 is 1.80 bits per heavy atom. The molecule has 2 heteroatoms. The monoisotopic (exact) mass is 277 g/mol. The van der Waals surface area contributed by atoms with Gasteiger partial charge < -0.3 is 10.1 Å². The van der Waals surface area contributed by atoms with E-state index in [0.717, 1.165) is 18.7 Å². The van der Waals surface area contributed by atoms with Crippen LogP contribution in [0.5, 0.6) is 5.75 Å². The lowest BCUT2D eigenvalue weighted by atomic mass is 9.86. The molecule has 0 saturated carbocycles.